The quantitative estimate of drug-likeness (QED) is 0.795. The van der Waals surface area contributed by atoms with Crippen molar-refractivity contribution in [1.29, 1.82) is 0 Å². The van der Waals surface area contributed by atoms with Crippen molar-refractivity contribution in [2.24, 2.45) is 0 Å². The Bertz CT molecular complexity index is 997. The monoisotopic (exact) mass is 387 g/mol. The summed E-state index contributed by atoms with van der Waals surface area (Å²) in [7, 11) is -7.67. The lowest BCUT2D eigenvalue weighted by Gasteiger charge is -2.11. The summed E-state index contributed by atoms with van der Waals surface area (Å²) in [4.78, 5) is 10.7. The van der Waals surface area contributed by atoms with Crippen molar-refractivity contribution in [3.63, 3.8) is 0 Å². The van der Waals surface area contributed by atoms with Crippen LogP contribution in [-0.4, -0.2) is 28.9 Å². The van der Waals surface area contributed by atoms with Gasteiger partial charge in [-0.05, 0) is 49.4 Å². The Kier molecular flexibility index (Phi) is 5.03. The van der Waals surface area contributed by atoms with Gasteiger partial charge in [-0.2, -0.15) is 0 Å². The summed E-state index contributed by atoms with van der Waals surface area (Å²) in [6.45, 7) is 1.40. The van der Waals surface area contributed by atoms with Gasteiger partial charge in [0.05, 0.1) is 9.92 Å². The lowest BCUT2D eigenvalue weighted by atomic mass is 10.1. The van der Waals surface area contributed by atoms with E-state index in [1.54, 1.807) is 0 Å². The third-order valence-electron chi connectivity index (χ3n) is 3.16. The zero-order valence-corrected chi connectivity index (χ0v) is 15.2. The Morgan fingerprint density at radius 1 is 1.00 bits per heavy atom. The molecule has 6 nitrogen and oxygen atoms in total. The normalized spacial score (nSPS) is 12.0. The van der Waals surface area contributed by atoms with Crippen molar-refractivity contribution in [1.82, 2.24) is 0 Å². The Morgan fingerprint density at radius 2 is 1.58 bits per heavy atom. The molecule has 0 aliphatic carbocycles. The smallest absolute Gasteiger partial charge is 0.263 e. The molecule has 0 aliphatic heterocycles. The van der Waals surface area contributed by atoms with Crippen LogP contribution in [0.4, 0.5) is 5.69 Å². The van der Waals surface area contributed by atoms with Crippen LogP contribution in [0.1, 0.15) is 17.3 Å². The molecule has 0 atom stereocenters. The summed E-state index contributed by atoms with van der Waals surface area (Å²) in [5.41, 5.74) is 0.663. The summed E-state index contributed by atoms with van der Waals surface area (Å²) in [5, 5.41) is -0.102. The number of Topliss-reactive ketones (excluding diaryl/α,β-unsaturated/α-hetero) is 1. The van der Waals surface area contributed by atoms with Crippen molar-refractivity contribution < 1.29 is 21.6 Å². The number of hydrogen-bond acceptors (Lipinski definition) is 5. The number of sulfone groups is 1. The molecule has 128 valence electrons. The summed E-state index contributed by atoms with van der Waals surface area (Å²) in [6, 6.07) is 9.28. The van der Waals surface area contributed by atoms with Crippen molar-refractivity contribution >= 4 is 42.9 Å². The highest BCUT2D eigenvalue weighted by Crippen LogP contribution is 2.26. The number of rotatable bonds is 5. The van der Waals surface area contributed by atoms with Gasteiger partial charge in [-0.25, -0.2) is 16.8 Å². The largest absolute Gasteiger partial charge is 0.295 e. The molecular weight excluding hydrogens is 374 g/mol. The van der Waals surface area contributed by atoms with Crippen LogP contribution in [-0.2, 0) is 19.9 Å². The number of nitrogens with one attached hydrogen (secondary N) is 1. The molecule has 0 heterocycles. The average Bonchev–Trinajstić information content (AvgIpc) is 2.46. The van der Waals surface area contributed by atoms with Gasteiger partial charge in [-0.3, -0.25) is 9.52 Å². The van der Waals surface area contributed by atoms with Gasteiger partial charge in [0.1, 0.15) is 4.90 Å². The van der Waals surface area contributed by atoms with Crippen LogP contribution in [0.3, 0.4) is 0 Å². The number of anilines is 1. The van der Waals surface area contributed by atoms with E-state index in [1.165, 1.54) is 43.3 Å². The van der Waals surface area contributed by atoms with Gasteiger partial charge in [0, 0.05) is 17.5 Å². The van der Waals surface area contributed by atoms with Gasteiger partial charge in [0.25, 0.3) is 10.0 Å². The van der Waals surface area contributed by atoms with Gasteiger partial charge in [0.2, 0.25) is 0 Å². The molecule has 0 fully saturated rings. The van der Waals surface area contributed by atoms with Crippen molar-refractivity contribution in [2.75, 3.05) is 11.0 Å². The van der Waals surface area contributed by atoms with Gasteiger partial charge in [-0.15, -0.1) is 0 Å². The number of sulfonamides is 1. The predicted octanol–water partition coefficient (Wildman–Crippen LogP) is 2.75. The molecule has 0 bridgehead atoms. The number of hydrogen-bond donors (Lipinski definition) is 1. The van der Waals surface area contributed by atoms with E-state index in [1.807, 2.05) is 0 Å². The van der Waals surface area contributed by atoms with Crippen LogP contribution in [0, 0.1) is 0 Å². The molecule has 0 amide bonds. The first-order chi connectivity index (χ1) is 11.0. The zero-order chi connectivity index (χ0) is 18.1. The summed E-state index contributed by atoms with van der Waals surface area (Å²) >= 11 is 5.91. The van der Waals surface area contributed by atoms with Crippen molar-refractivity contribution in [3.05, 3.63) is 53.1 Å². The number of ketones is 1. The maximum absolute atomic E-state index is 12.5. The van der Waals surface area contributed by atoms with Gasteiger partial charge >= 0.3 is 0 Å². The van der Waals surface area contributed by atoms with E-state index in [2.05, 4.69) is 4.72 Å². The fraction of sp³-hybridized carbons (Fsp3) is 0.133. The number of benzene rings is 2. The molecule has 0 radical (unpaired) electrons. The predicted molar refractivity (Wildman–Crippen MR) is 91.8 cm³/mol. The highest BCUT2D eigenvalue weighted by Gasteiger charge is 2.21. The van der Waals surface area contributed by atoms with E-state index >= 15 is 0 Å². The lowest BCUT2D eigenvalue weighted by molar-refractivity contribution is 0.101. The van der Waals surface area contributed by atoms with Crippen molar-refractivity contribution in [2.45, 2.75) is 16.7 Å². The molecule has 24 heavy (non-hydrogen) atoms. The number of carbonyl (C=O) groups is 1. The van der Waals surface area contributed by atoms with Gasteiger partial charge < -0.3 is 0 Å². The van der Waals surface area contributed by atoms with E-state index < -0.39 is 19.9 Å². The maximum Gasteiger partial charge on any atom is 0.263 e. The summed E-state index contributed by atoms with van der Waals surface area (Å²) in [5.74, 6) is -0.145. The van der Waals surface area contributed by atoms with E-state index in [0.717, 1.165) is 12.3 Å². The third kappa shape index (κ3) is 4.14. The molecule has 0 aliphatic rings. The Hall–Kier alpha value is -1.90. The fourth-order valence-electron chi connectivity index (χ4n) is 1.90. The SMILES string of the molecule is CC(=O)c1ccc(NS(=O)(=O)c2cc(S(C)(=O)=O)ccc2Cl)cc1. The second kappa shape index (κ2) is 6.54. The molecule has 9 heteroatoms. The minimum absolute atomic E-state index is 0.102. The highest BCUT2D eigenvalue weighted by atomic mass is 35.5. The molecule has 2 rings (SSSR count). The molecule has 0 unspecified atom stereocenters. The Labute approximate surface area is 145 Å². The van der Waals surface area contributed by atoms with E-state index in [-0.39, 0.29) is 26.3 Å². The zero-order valence-electron chi connectivity index (χ0n) is 12.8. The van der Waals surface area contributed by atoms with Gasteiger partial charge in [-0.1, -0.05) is 11.6 Å². The first-order valence-corrected chi connectivity index (χ1v) is 10.4. The van der Waals surface area contributed by atoms with Gasteiger partial charge in [0.15, 0.2) is 15.6 Å². The van der Waals surface area contributed by atoms with Crippen LogP contribution < -0.4 is 4.72 Å². The minimum atomic E-state index is -4.09. The third-order valence-corrected chi connectivity index (χ3v) is 6.14. The fourth-order valence-corrected chi connectivity index (χ4v) is 4.21. The lowest BCUT2D eigenvalue weighted by Crippen LogP contribution is -2.14. The van der Waals surface area contributed by atoms with E-state index in [9.17, 15) is 21.6 Å². The standard InChI is InChI=1S/C15H14ClNO5S2/c1-10(18)11-3-5-12(6-4-11)17-24(21,22)15-9-13(23(2,19)20)7-8-14(15)16/h3-9,17H,1-2H3. The van der Waals surface area contributed by atoms with Crippen LogP contribution in [0.5, 0.6) is 0 Å². The molecule has 2 aromatic rings. The van der Waals surface area contributed by atoms with Crippen LogP contribution in [0.2, 0.25) is 5.02 Å². The van der Waals surface area contributed by atoms with Crippen LogP contribution in [0.15, 0.2) is 52.3 Å². The molecule has 0 aromatic heterocycles. The Morgan fingerprint density at radius 3 is 2.08 bits per heavy atom. The second-order valence-electron chi connectivity index (χ2n) is 5.10. The van der Waals surface area contributed by atoms with E-state index in [0.29, 0.717) is 5.56 Å². The summed E-state index contributed by atoms with van der Waals surface area (Å²) in [6.07, 6.45) is 0.973. The molecular formula is C15H14ClNO5S2. The van der Waals surface area contributed by atoms with Crippen molar-refractivity contribution in [3.8, 4) is 0 Å². The molecule has 0 saturated heterocycles. The highest BCUT2D eigenvalue weighted by molar-refractivity contribution is 7.93. The number of carbonyl (C=O) groups excluding carboxylic acids is 1. The van der Waals surface area contributed by atoms with E-state index in [4.69, 9.17) is 11.6 Å². The molecule has 1 N–H and O–H groups in total. The molecule has 0 saturated carbocycles. The molecule has 2 aromatic carbocycles. The number of halogens is 1. The maximum atomic E-state index is 12.5. The topological polar surface area (TPSA) is 97.4 Å². The first kappa shape index (κ1) is 18.4. The van der Waals surface area contributed by atoms with Crippen LogP contribution >= 0.6 is 11.6 Å². The first-order valence-electron chi connectivity index (χ1n) is 6.64. The second-order valence-corrected chi connectivity index (χ2v) is 9.18. The van der Waals surface area contributed by atoms with Crippen LogP contribution in [0.25, 0.3) is 0 Å². The molecule has 0 spiro atoms. The summed E-state index contributed by atoms with van der Waals surface area (Å²) < 4.78 is 50.4. The average molecular weight is 388 g/mol. The minimum Gasteiger partial charge on any atom is -0.295 e. The Balaban J connectivity index is 2.42.